The van der Waals surface area contributed by atoms with Crippen molar-refractivity contribution in [2.45, 2.75) is 33.2 Å². The molecule has 152 valence electrons. The summed E-state index contributed by atoms with van der Waals surface area (Å²) in [6.07, 6.45) is 0.889. The maximum atomic E-state index is 12.5. The molecule has 0 bridgehead atoms. The summed E-state index contributed by atoms with van der Waals surface area (Å²) in [5, 5.41) is 2.93. The smallest absolute Gasteiger partial charge is 0.340 e. The van der Waals surface area contributed by atoms with E-state index in [1.165, 1.54) is 12.0 Å². The molecule has 0 amide bonds. The first-order valence-corrected chi connectivity index (χ1v) is 10.4. The van der Waals surface area contributed by atoms with E-state index in [4.69, 9.17) is 13.9 Å². The Morgan fingerprint density at radius 3 is 2.86 bits per heavy atom. The minimum Gasteiger partial charge on any atom is -0.477 e. The quantitative estimate of drug-likeness (QED) is 0.470. The van der Waals surface area contributed by atoms with Crippen LogP contribution in [-0.4, -0.2) is 31.3 Å². The Balaban J connectivity index is 1.68. The van der Waals surface area contributed by atoms with Crippen molar-refractivity contribution in [1.82, 2.24) is 4.90 Å². The Hall–Kier alpha value is -2.64. The van der Waals surface area contributed by atoms with Gasteiger partial charge in [-0.1, -0.05) is 6.07 Å². The third-order valence-electron chi connectivity index (χ3n) is 5.42. The summed E-state index contributed by atoms with van der Waals surface area (Å²) in [4.78, 5) is 27.8. The molecule has 0 N–H and O–H groups in total. The minimum atomic E-state index is -0.503. The van der Waals surface area contributed by atoms with Gasteiger partial charge >= 0.3 is 11.6 Å². The number of thiophene rings is 1. The fourth-order valence-electron chi connectivity index (χ4n) is 3.78. The van der Waals surface area contributed by atoms with Gasteiger partial charge in [-0.15, -0.1) is 11.3 Å². The Morgan fingerprint density at radius 2 is 2.14 bits per heavy atom. The van der Waals surface area contributed by atoms with Gasteiger partial charge in [-0.3, -0.25) is 9.69 Å². The lowest BCUT2D eigenvalue weighted by molar-refractivity contribution is -0.139. The molecule has 0 saturated carbocycles. The van der Waals surface area contributed by atoms with Gasteiger partial charge in [0.1, 0.15) is 18.1 Å². The SMILES string of the molecule is COC(=O)Cc1c(C)c2cc3c(c(C)c2oc1=O)OCN(CCc1cccs1)C3. The number of fused-ring (bicyclic) bond motifs is 2. The lowest BCUT2D eigenvalue weighted by Gasteiger charge is -2.30. The summed E-state index contributed by atoms with van der Waals surface area (Å²) in [5.41, 5.74) is 3.00. The van der Waals surface area contributed by atoms with Gasteiger partial charge < -0.3 is 13.9 Å². The standard InChI is InChI=1S/C22H23NO5S/c1-13-17-9-15-11-23(7-6-16-5-4-8-29-16)12-27-20(15)14(2)21(17)28-22(25)18(13)10-19(24)26-3/h4-5,8-9H,6-7,10-12H2,1-3H3. The monoisotopic (exact) mass is 413 g/mol. The highest BCUT2D eigenvalue weighted by atomic mass is 32.1. The number of rotatable bonds is 5. The van der Waals surface area contributed by atoms with Crippen molar-refractivity contribution in [3.8, 4) is 5.75 Å². The van der Waals surface area contributed by atoms with Crippen molar-refractivity contribution in [3.63, 3.8) is 0 Å². The second kappa shape index (κ2) is 8.00. The average Bonchev–Trinajstić information content (AvgIpc) is 3.24. The highest BCUT2D eigenvalue weighted by molar-refractivity contribution is 7.09. The molecule has 0 spiro atoms. The largest absolute Gasteiger partial charge is 0.477 e. The van der Waals surface area contributed by atoms with Crippen molar-refractivity contribution in [2.24, 2.45) is 0 Å². The Morgan fingerprint density at radius 1 is 1.31 bits per heavy atom. The van der Waals surface area contributed by atoms with Crippen LogP contribution in [0.5, 0.6) is 5.75 Å². The van der Waals surface area contributed by atoms with Crippen LogP contribution in [0.15, 0.2) is 32.8 Å². The van der Waals surface area contributed by atoms with Crippen molar-refractivity contribution in [2.75, 3.05) is 20.4 Å². The number of aryl methyl sites for hydroxylation is 2. The number of benzene rings is 1. The molecule has 1 aliphatic rings. The van der Waals surface area contributed by atoms with E-state index in [0.717, 1.165) is 47.3 Å². The first-order chi connectivity index (χ1) is 14.0. The molecule has 3 heterocycles. The Labute approximate surface area is 172 Å². The lowest BCUT2D eigenvalue weighted by atomic mass is 9.98. The van der Waals surface area contributed by atoms with E-state index in [-0.39, 0.29) is 6.42 Å². The Bertz CT molecular complexity index is 1120. The van der Waals surface area contributed by atoms with Crippen LogP contribution in [0.25, 0.3) is 11.0 Å². The summed E-state index contributed by atoms with van der Waals surface area (Å²) in [6, 6.07) is 6.24. The predicted octanol–water partition coefficient (Wildman–Crippen LogP) is 3.58. The molecule has 1 aliphatic heterocycles. The maximum Gasteiger partial charge on any atom is 0.340 e. The van der Waals surface area contributed by atoms with E-state index in [2.05, 4.69) is 22.4 Å². The minimum absolute atomic E-state index is 0.0970. The van der Waals surface area contributed by atoms with Gasteiger partial charge in [0.05, 0.1) is 19.1 Å². The molecule has 3 aromatic rings. The molecule has 0 aliphatic carbocycles. The molecule has 7 heteroatoms. The predicted molar refractivity (Wildman–Crippen MR) is 112 cm³/mol. The van der Waals surface area contributed by atoms with Crippen LogP contribution >= 0.6 is 11.3 Å². The molecule has 0 saturated heterocycles. The number of nitrogens with zero attached hydrogens (tertiary/aromatic N) is 1. The van der Waals surface area contributed by atoms with Gasteiger partial charge in [0.15, 0.2) is 0 Å². The maximum absolute atomic E-state index is 12.5. The first kappa shape index (κ1) is 19.7. The molecular formula is C22H23NO5S. The number of esters is 1. The summed E-state index contributed by atoms with van der Waals surface area (Å²) < 4.78 is 16.3. The number of carbonyl (C=O) groups excluding carboxylic acids is 1. The van der Waals surface area contributed by atoms with Crippen molar-refractivity contribution < 1.29 is 18.7 Å². The number of hydrogen-bond donors (Lipinski definition) is 0. The van der Waals surface area contributed by atoms with Crippen LogP contribution in [0, 0.1) is 13.8 Å². The first-order valence-electron chi connectivity index (χ1n) is 9.51. The number of ether oxygens (including phenoxy) is 2. The third kappa shape index (κ3) is 3.80. The molecule has 6 nitrogen and oxygen atoms in total. The van der Waals surface area contributed by atoms with E-state index in [1.54, 1.807) is 11.3 Å². The van der Waals surface area contributed by atoms with Crippen LogP contribution in [-0.2, 0) is 28.9 Å². The van der Waals surface area contributed by atoms with Crippen LogP contribution in [0.2, 0.25) is 0 Å². The van der Waals surface area contributed by atoms with Crippen molar-refractivity contribution in [1.29, 1.82) is 0 Å². The van der Waals surface area contributed by atoms with E-state index < -0.39 is 11.6 Å². The van der Waals surface area contributed by atoms with Gasteiger partial charge in [-0.25, -0.2) is 4.79 Å². The summed E-state index contributed by atoms with van der Waals surface area (Å²) >= 11 is 1.77. The van der Waals surface area contributed by atoms with Gasteiger partial charge in [0, 0.05) is 34.5 Å². The molecule has 2 aromatic heterocycles. The lowest BCUT2D eigenvalue weighted by Crippen LogP contribution is -2.34. The van der Waals surface area contributed by atoms with E-state index in [1.807, 2.05) is 19.9 Å². The summed E-state index contributed by atoms with van der Waals surface area (Å²) in [6.45, 7) is 5.94. The molecule has 0 radical (unpaired) electrons. The average molecular weight is 413 g/mol. The summed E-state index contributed by atoms with van der Waals surface area (Å²) in [5.74, 6) is 0.325. The molecule has 0 fully saturated rings. The van der Waals surface area contributed by atoms with Crippen molar-refractivity contribution >= 4 is 28.3 Å². The van der Waals surface area contributed by atoms with Gasteiger partial charge in [-0.2, -0.15) is 0 Å². The van der Waals surface area contributed by atoms with Crippen LogP contribution in [0.3, 0.4) is 0 Å². The number of hydrogen-bond acceptors (Lipinski definition) is 7. The zero-order valence-electron chi connectivity index (χ0n) is 16.7. The van der Waals surface area contributed by atoms with Crippen LogP contribution in [0.1, 0.15) is 27.1 Å². The van der Waals surface area contributed by atoms with Gasteiger partial charge in [0.2, 0.25) is 0 Å². The summed E-state index contributed by atoms with van der Waals surface area (Å²) in [7, 11) is 1.31. The molecule has 29 heavy (non-hydrogen) atoms. The van der Waals surface area contributed by atoms with Crippen molar-refractivity contribution in [3.05, 3.63) is 61.1 Å². The Kier molecular flexibility index (Phi) is 5.43. The zero-order chi connectivity index (χ0) is 20.5. The fraction of sp³-hybridized carbons (Fsp3) is 0.364. The third-order valence-corrected chi connectivity index (χ3v) is 6.36. The molecule has 4 rings (SSSR count). The number of carbonyl (C=O) groups is 1. The highest BCUT2D eigenvalue weighted by Gasteiger charge is 2.24. The molecule has 0 unspecified atom stereocenters. The van der Waals surface area contributed by atoms with Crippen LogP contribution in [0.4, 0.5) is 0 Å². The zero-order valence-corrected chi connectivity index (χ0v) is 17.6. The molecular weight excluding hydrogens is 390 g/mol. The van der Waals surface area contributed by atoms with Gasteiger partial charge in [0.25, 0.3) is 0 Å². The van der Waals surface area contributed by atoms with E-state index in [0.29, 0.717) is 17.9 Å². The van der Waals surface area contributed by atoms with Gasteiger partial charge in [-0.05, 0) is 43.3 Å². The molecule has 0 atom stereocenters. The fourth-order valence-corrected chi connectivity index (χ4v) is 4.48. The van der Waals surface area contributed by atoms with Crippen LogP contribution < -0.4 is 10.4 Å². The normalized spacial score (nSPS) is 13.9. The van der Waals surface area contributed by atoms with E-state index >= 15 is 0 Å². The second-order valence-corrected chi connectivity index (χ2v) is 8.30. The topological polar surface area (TPSA) is 69.0 Å². The highest BCUT2D eigenvalue weighted by Crippen LogP contribution is 2.36. The second-order valence-electron chi connectivity index (χ2n) is 7.27. The molecule has 1 aromatic carbocycles. The van der Waals surface area contributed by atoms with E-state index in [9.17, 15) is 9.59 Å². The number of methoxy groups -OCH3 is 1.